The number of hydrogen-bond donors (Lipinski definition) is 1. The molecule has 0 saturated heterocycles. The molecule has 16 heavy (non-hydrogen) atoms. The quantitative estimate of drug-likeness (QED) is 0.846. The molecular formula is C12H17F3O. The third-order valence-electron chi connectivity index (χ3n) is 1.88. The van der Waals surface area contributed by atoms with Gasteiger partial charge in [-0.05, 0) is 24.5 Å². The Balaban J connectivity index is 0.00000106. The second kappa shape index (κ2) is 7.28. The maximum absolute atomic E-state index is 12.2. The Kier molecular flexibility index (Phi) is 6.81. The average Bonchev–Trinajstić information content (AvgIpc) is 2.28. The molecule has 92 valence electrons. The zero-order valence-electron chi connectivity index (χ0n) is 9.51. The van der Waals surface area contributed by atoms with E-state index in [0.717, 1.165) is 12.1 Å². The van der Waals surface area contributed by atoms with Crippen LogP contribution in [-0.2, 0) is 12.6 Å². The lowest BCUT2D eigenvalue weighted by atomic mass is 10.1. The van der Waals surface area contributed by atoms with Gasteiger partial charge in [0.05, 0.1) is 5.56 Å². The normalized spacial score (nSPS) is 10.6. The lowest BCUT2D eigenvalue weighted by Crippen LogP contribution is -2.05. The summed E-state index contributed by atoms with van der Waals surface area (Å²) in [6, 6.07) is 5.18. The predicted molar refractivity (Wildman–Crippen MR) is 58.2 cm³/mol. The molecule has 0 fully saturated rings. The second-order valence-corrected chi connectivity index (χ2v) is 3.03. The largest absolute Gasteiger partial charge is 0.416 e. The predicted octanol–water partition coefficient (Wildman–Crippen LogP) is 3.66. The van der Waals surface area contributed by atoms with Gasteiger partial charge in [0.1, 0.15) is 0 Å². The van der Waals surface area contributed by atoms with E-state index in [1.165, 1.54) is 6.07 Å². The third kappa shape index (κ3) is 5.16. The van der Waals surface area contributed by atoms with Gasteiger partial charge in [-0.1, -0.05) is 32.0 Å². The first-order valence-corrected chi connectivity index (χ1v) is 5.31. The zero-order chi connectivity index (χ0) is 12.6. The van der Waals surface area contributed by atoms with Crippen LogP contribution in [0.5, 0.6) is 0 Å². The van der Waals surface area contributed by atoms with Gasteiger partial charge in [-0.3, -0.25) is 0 Å². The summed E-state index contributed by atoms with van der Waals surface area (Å²) in [6.07, 6.45) is -3.32. The molecule has 0 aliphatic rings. The van der Waals surface area contributed by atoms with Crippen LogP contribution in [0.25, 0.3) is 0 Å². The van der Waals surface area contributed by atoms with Gasteiger partial charge in [0.25, 0.3) is 0 Å². The van der Waals surface area contributed by atoms with Crippen LogP contribution in [0.4, 0.5) is 13.2 Å². The Bertz CT molecular complexity index is 295. The summed E-state index contributed by atoms with van der Waals surface area (Å²) in [5, 5.41) is 8.53. The van der Waals surface area contributed by atoms with Gasteiger partial charge in [-0.2, -0.15) is 13.2 Å². The minimum Gasteiger partial charge on any atom is -0.396 e. The van der Waals surface area contributed by atoms with E-state index in [2.05, 4.69) is 0 Å². The van der Waals surface area contributed by atoms with Crippen molar-refractivity contribution in [3.8, 4) is 0 Å². The molecule has 0 amide bonds. The monoisotopic (exact) mass is 234 g/mol. The molecule has 0 radical (unpaired) electrons. The van der Waals surface area contributed by atoms with Gasteiger partial charge >= 0.3 is 6.18 Å². The van der Waals surface area contributed by atoms with Crippen LogP contribution >= 0.6 is 0 Å². The smallest absolute Gasteiger partial charge is 0.396 e. The van der Waals surface area contributed by atoms with Crippen molar-refractivity contribution in [2.75, 3.05) is 6.61 Å². The van der Waals surface area contributed by atoms with Crippen molar-refractivity contribution in [1.82, 2.24) is 0 Å². The molecule has 1 N–H and O–H groups in total. The minimum absolute atomic E-state index is 0.00372. The molecule has 0 aliphatic carbocycles. The number of aryl methyl sites for hydroxylation is 1. The van der Waals surface area contributed by atoms with Crippen molar-refractivity contribution in [3.05, 3.63) is 35.4 Å². The molecule has 1 aromatic rings. The Hall–Kier alpha value is -1.03. The molecule has 0 heterocycles. The topological polar surface area (TPSA) is 20.2 Å². The van der Waals surface area contributed by atoms with E-state index >= 15 is 0 Å². The number of rotatable bonds is 3. The zero-order valence-corrected chi connectivity index (χ0v) is 9.51. The molecule has 1 rings (SSSR count). The van der Waals surface area contributed by atoms with Gasteiger partial charge in [0, 0.05) is 6.61 Å². The van der Waals surface area contributed by atoms with E-state index in [-0.39, 0.29) is 6.61 Å². The van der Waals surface area contributed by atoms with Crippen LogP contribution in [-0.4, -0.2) is 11.7 Å². The lowest BCUT2D eigenvalue weighted by molar-refractivity contribution is -0.137. The van der Waals surface area contributed by atoms with Gasteiger partial charge in [-0.25, -0.2) is 0 Å². The number of benzene rings is 1. The van der Waals surface area contributed by atoms with E-state index in [9.17, 15) is 13.2 Å². The number of aliphatic hydroxyl groups is 1. The summed E-state index contributed by atoms with van der Waals surface area (Å²) >= 11 is 0. The highest BCUT2D eigenvalue weighted by Gasteiger charge is 2.30. The molecule has 1 aromatic carbocycles. The SMILES string of the molecule is CC.OCCCc1cccc(C(F)(F)F)c1. The van der Waals surface area contributed by atoms with Gasteiger partial charge < -0.3 is 5.11 Å². The molecular weight excluding hydrogens is 217 g/mol. The first-order chi connectivity index (χ1) is 7.54. The maximum Gasteiger partial charge on any atom is 0.416 e. The molecule has 0 spiro atoms. The van der Waals surface area contributed by atoms with Gasteiger partial charge in [0.15, 0.2) is 0 Å². The Morgan fingerprint density at radius 2 is 1.81 bits per heavy atom. The van der Waals surface area contributed by atoms with Crippen LogP contribution in [0, 0.1) is 0 Å². The third-order valence-corrected chi connectivity index (χ3v) is 1.88. The molecule has 0 saturated carbocycles. The molecule has 0 aliphatic heterocycles. The van der Waals surface area contributed by atoms with E-state index in [1.807, 2.05) is 13.8 Å². The van der Waals surface area contributed by atoms with Gasteiger partial charge in [0.2, 0.25) is 0 Å². The standard InChI is InChI=1S/C10H11F3O.C2H6/c11-10(12,13)9-5-1-3-8(7-9)4-2-6-14;1-2/h1,3,5,7,14H,2,4,6H2;1-2H3. The molecule has 1 nitrogen and oxygen atoms in total. The van der Waals surface area contributed by atoms with E-state index < -0.39 is 11.7 Å². The summed E-state index contributed by atoms with van der Waals surface area (Å²) in [5.41, 5.74) is -0.0261. The highest BCUT2D eigenvalue weighted by molar-refractivity contribution is 5.25. The highest BCUT2D eigenvalue weighted by Crippen LogP contribution is 2.29. The number of alkyl halides is 3. The Labute approximate surface area is 93.9 Å². The summed E-state index contributed by atoms with van der Waals surface area (Å²) < 4.78 is 36.7. The summed E-state index contributed by atoms with van der Waals surface area (Å²) in [7, 11) is 0. The molecule has 4 heteroatoms. The van der Waals surface area contributed by atoms with Crippen molar-refractivity contribution in [2.24, 2.45) is 0 Å². The summed E-state index contributed by atoms with van der Waals surface area (Å²) in [5.74, 6) is 0. The van der Waals surface area contributed by atoms with Crippen molar-refractivity contribution in [1.29, 1.82) is 0 Å². The van der Waals surface area contributed by atoms with E-state index in [1.54, 1.807) is 6.07 Å². The Morgan fingerprint density at radius 1 is 1.19 bits per heavy atom. The lowest BCUT2D eigenvalue weighted by Gasteiger charge is -2.07. The molecule has 0 bridgehead atoms. The Morgan fingerprint density at radius 3 is 2.31 bits per heavy atom. The number of halogens is 3. The minimum atomic E-state index is -4.28. The first kappa shape index (κ1) is 15.0. The molecule has 0 aromatic heterocycles. The summed E-state index contributed by atoms with van der Waals surface area (Å²) in [6.45, 7) is 4.00. The number of aliphatic hydroxyl groups excluding tert-OH is 1. The van der Waals surface area contributed by atoms with Crippen molar-refractivity contribution in [2.45, 2.75) is 32.9 Å². The second-order valence-electron chi connectivity index (χ2n) is 3.03. The van der Waals surface area contributed by atoms with Crippen molar-refractivity contribution >= 4 is 0 Å². The van der Waals surface area contributed by atoms with Crippen LogP contribution in [0.1, 0.15) is 31.4 Å². The van der Waals surface area contributed by atoms with Crippen molar-refractivity contribution < 1.29 is 18.3 Å². The highest BCUT2D eigenvalue weighted by atomic mass is 19.4. The van der Waals surface area contributed by atoms with Crippen LogP contribution in [0.3, 0.4) is 0 Å². The average molecular weight is 234 g/mol. The van der Waals surface area contributed by atoms with E-state index in [4.69, 9.17) is 5.11 Å². The van der Waals surface area contributed by atoms with E-state index in [0.29, 0.717) is 18.4 Å². The van der Waals surface area contributed by atoms with Gasteiger partial charge in [-0.15, -0.1) is 0 Å². The fourth-order valence-electron chi connectivity index (χ4n) is 1.19. The van der Waals surface area contributed by atoms with Crippen LogP contribution in [0.15, 0.2) is 24.3 Å². The number of hydrogen-bond acceptors (Lipinski definition) is 1. The van der Waals surface area contributed by atoms with Crippen LogP contribution < -0.4 is 0 Å². The van der Waals surface area contributed by atoms with Crippen LogP contribution in [0.2, 0.25) is 0 Å². The molecule has 0 unspecified atom stereocenters. The van der Waals surface area contributed by atoms with Crippen molar-refractivity contribution in [3.63, 3.8) is 0 Å². The molecule has 0 atom stereocenters. The fraction of sp³-hybridized carbons (Fsp3) is 0.500. The summed E-state index contributed by atoms with van der Waals surface area (Å²) in [4.78, 5) is 0. The maximum atomic E-state index is 12.2. The fourth-order valence-corrected chi connectivity index (χ4v) is 1.19. The first-order valence-electron chi connectivity index (χ1n) is 5.31.